The molecular formula is C67H83N17O20. The first kappa shape index (κ1) is 79.0. The minimum Gasteiger partial charge on any atom is -0.465 e. The number of carbonyl (C=O) groups is 10. The Hall–Kier alpha value is -12.3. The average molecular weight is 1450 g/mol. The van der Waals surface area contributed by atoms with Crippen LogP contribution < -0.4 is 92.8 Å². The highest BCUT2D eigenvalue weighted by Crippen LogP contribution is 2.44. The lowest BCUT2D eigenvalue weighted by atomic mass is 9.98. The molecule has 13 N–H and O–H groups in total. The van der Waals surface area contributed by atoms with Crippen molar-refractivity contribution in [3.63, 3.8) is 0 Å². The molecular weight excluding hydrogens is 1360 g/mol. The summed E-state index contributed by atoms with van der Waals surface area (Å²) in [6.45, 7) is 3.43. The highest BCUT2D eigenvalue weighted by Gasteiger charge is 2.31. The number of fused-ring (bicyclic) bond motifs is 3. The Labute approximate surface area is 590 Å². The van der Waals surface area contributed by atoms with Gasteiger partial charge in [-0.15, -0.1) is 0 Å². The van der Waals surface area contributed by atoms with Crippen LogP contribution in [0.15, 0.2) is 112 Å². The molecule has 6 aromatic rings. The number of hydrogen-bond acceptors (Lipinski definition) is 20. The number of carbonyl (C=O) groups excluding carboxylic acids is 10. The van der Waals surface area contributed by atoms with E-state index in [1.165, 1.54) is 33.9 Å². The van der Waals surface area contributed by atoms with Crippen LogP contribution >= 0.6 is 0 Å². The molecule has 0 saturated heterocycles. The van der Waals surface area contributed by atoms with Crippen LogP contribution in [0.1, 0.15) is 97.6 Å². The van der Waals surface area contributed by atoms with Crippen molar-refractivity contribution >= 4 is 59.3 Å². The minimum absolute atomic E-state index is 0.00544. The minimum atomic E-state index is -1.40. The van der Waals surface area contributed by atoms with Gasteiger partial charge >= 0.3 is 34.8 Å². The molecule has 37 nitrogen and oxygen atoms in total. The zero-order chi connectivity index (χ0) is 75.7. The Bertz CT molecular complexity index is 4650. The maximum atomic E-state index is 14.1. The van der Waals surface area contributed by atoms with Crippen molar-refractivity contribution < 1.29 is 57.4 Å². The fourth-order valence-corrected chi connectivity index (χ4v) is 11.2. The molecule has 9 amide bonds. The second-order valence-electron chi connectivity index (χ2n) is 24.5. The molecule has 556 valence electrons. The fourth-order valence-electron chi connectivity index (χ4n) is 11.2. The van der Waals surface area contributed by atoms with Crippen molar-refractivity contribution in [1.82, 2.24) is 86.1 Å². The van der Waals surface area contributed by atoms with Crippen LogP contribution in [0.5, 0.6) is 0 Å². The van der Waals surface area contributed by atoms with E-state index in [0.29, 0.717) is 0 Å². The lowest BCUT2D eigenvalue weighted by Crippen LogP contribution is -2.51. The third kappa shape index (κ3) is 23.1. The molecule has 0 radical (unpaired) electrons. The molecule has 4 heterocycles. The molecule has 1 aliphatic carbocycles. The van der Waals surface area contributed by atoms with Gasteiger partial charge in [0.2, 0.25) is 47.3 Å². The molecule has 0 unspecified atom stereocenters. The van der Waals surface area contributed by atoms with Crippen molar-refractivity contribution in [2.24, 2.45) is 0 Å². The van der Waals surface area contributed by atoms with Crippen molar-refractivity contribution in [3.8, 4) is 11.1 Å². The van der Waals surface area contributed by atoms with Crippen LogP contribution in [0.2, 0.25) is 0 Å². The summed E-state index contributed by atoms with van der Waals surface area (Å²) in [5.41, 5.74) is -1.89. The number of alkyl carbamates (subject to hydrolysis) is 1. The molecule has 37 heteroatoms. The number of hydrogen-bond donors (Lipinski definition) is 13. The predicted molar refractivity (Wildman–Crippen MR) is 371 cm³/mol. The van der Waals surface area contributed by atoms with E-state index in [4.69, 9.17) is 9.47 Å². The van der Waals surface area contributed by atoms with Crippen molar-refractivity contribution in [1.29, 1.82) is 0 Å². The number of nitrogens with zero attached hydrogens (tertiary/aromatic N) is 4. The van der Waals surface area contributed by atoms with E-state index in [1.807, 2.05) is 48.5 Å². The number of nitrogens with one attached hydrogen (secondary N) is 13. The van der Waals surface area contributed by atoms with Gasteiger partial charge in [0.05, 0.1) is 6.61 Å². The van der Waals surface area contributed by atoms with Gasteiger partial charge in [0.15, 0.2) is 0 Å². The molecule has 104 heavy (non-hydrogen) atoms. The Morgan fingerprint density at radius 1 is 0.404 bits per heavy atom. The number of benzene rings is 2. The Kier molecular flexibility index (Phi) is 28.8. The highest BCUT2D eigenvalue weighted by molar-refractivity contribution is 5.91. The number of amides is 9. The van der Waals surface area contributed by atoms with Gasteiger partial charge in [-0.3, -0.25) is 101 Å². The third-order valence-electron chi connectivity index (χ3n) is 16.5. The third-order valence-corrected chi connectivity index (χ3v) is 16.5. The fraction of sp³-hybridized carbons (Fsp3) is 0.433. The summed E-state index contributed by atoms with van der Waals surface area (Å²) in [6.07, 6.45) is 3.18. The SMILES string of the molecule is CCOC(=O)CNC(=O)[C@H](CCCNC(=O)[C@H](CCCNC(=O)[C@H](CCCNC(=O)[C@H](CCCNC(=O)OCC1c2ccccc2-c2ccccc21)NC(=O)Cn1cc(C)c(=O)[nH]c1=O)NC(=O)Cn1cc(C)c(=O)[nH]c1=O)NC(=O)Cn1cc(C)c(=O)[nH]c1=O)NC(=O)Cn1cc(C)c(=O)[nH]c1=O. The number of aromatic nitrogens is 8. The predicted octanol–water partition coefficient (Wildman–Crippen LogP) is -3.95. The summed E-state index contributed by atoms with van der Waals surface area (Å²) in [5, 5.41) is 23.2. The summed E-state index contributed by atoms with van der Waals surface area (Å²) in [4.78, 5) is 241. The molecule has 7 rings (SSSR count). The van der Waals surface area contributed by atoms with Gasteiger partial charge in [0.1, 0.15) is 63.5 Å². The molecule has 0 aliphatic heterocycles. The summed E-state index contributed by atoms with van der Waals surface area (Å²) in [7, 11) is 0. The first-order chi connectivity index (χ1) is 49.6. The number of ether oxygens (including phenoxy) is 2. The molecule has 2 aromatic carbocycles. The second-order valence-corrected chi connectivity index (χ2v) is 24.5. The number of rotatable bonds is 37. The molecule has 0 saturated carbocycles. The van der Waals surface area contributed by atoms with E-state index in [-0.39, 0.29) is 119 Å². The summed E-state index contributed by atoms with van der Waals surface area (Å²) in [5.74, 6) is -7.56. The number of aromatic amines is 4. The largest absolute Gasteiger partial charge is 0.465 e. The molecule has 4 atom stereocenters. The van der Waals surface area contributed by atoms with Crippen LogP contribution in [0, 0.1) is 27.7 Å². The normalized spacial score (nSPS) is 12.5. The lowest BCUT2D eigenvalue weighted by molar-refractivity contribution is -0.143. The van der Waals surface area contributed by atoms with Gasteiger partial charge in [-0.1, -0.05) is 48.5 Å². The van der Waals surface area contributed by atoms with Gasteiger partial charge in [0, 0.05) is 79.1 Å². The van der Waals surface area contributed by atoms with Crippen LogP contribution in [-0.4, -0.2) is 168 Å². The van der Waals surface area contributed by atoms with E-state index in [9.17, 15) is 86.3 Å². The van der Waals surface area contributed by atoms with Gasteiger partial charge in [-0.05, 0) is 108 Å². The maximum Gasteiger partial charge on any atom is 0.407 e. The van der Waals surface area contributed by atoms with E-state index in [2.05, 4.69) is 67.8 Å². The van der Waals surface area contributed by atoms with E-state index in [0.717, 1.165) is 59.1 Å². The van der Waals surface area contributed by atoms with Gasteiger partial charge in [-0.25, -0.2) is 24.0 Å². The van der Waals surface area contributed by atoms with E-state index < -0.39 is 161 Å². The van der Waals surface area contributed by atoms with Gasteiger partial charge < -0.3 is 57.3 Å². The molecule has 0 bridgehead atoms. The molecule has 1 aliphatic rings. The molecule has 0 fully saturated rings. The zero-order valence-corrected chi connectivity index (χ0v) is 57.7. The van der Waals surface area contributed by atoms with Gasteiger partial charge in [0.25, 0.3) is 22.2 Å². The molecule has 0 spiro atoms. The van der Waals surface area contributed by atoms with Crippen molar-refractivity contribution in [2.45, 2.75) is 142 Å². The standard InChI is InChI=1S/C67H83N17O20/c1-6-103-54(89)27-72-62(97)49(76-53(88)35-84-31-40(5)58(93)80-66(84)101)21-13-25-70-60(95)47(74-51(86)33-82-29-38(3)56(91)78-64(82)99)19-11-23-68-59(94)46(73-50(85)32-81-28-37(2)55(90)77-63(81)98)20-12-24-69-61(96)48(75-52(87)34-83-30-39(4)57(92)79-65(83)100)22-14-26-71-67(102)104-36-45-43-17-9-7-15-41(43)42-16-8-10-18-44(42)45/h7-10,15-18,28-31,45-49H,6,11-14,19-27,32-36H2,1-5H3,(H,68,94)(H,69,96)(H,70,95)(H,71,102)(H,72,97)(H,73,85)(H,74,86)(H,75,87)(H,76,88)(H,77,90,98)(H,78,91,99)(H,79,92,100)(H,80,93,101)/t46-,47-,48-,49-/m0/s1. The topological polar surface area (TPSA) is 517 Å². The van der Waals surface area contributed by atoms with Crippen LogP contribution in [-0.2, 0) is 78.8 Å². The summed E-state index contributed by atoms with van der Waals surface area (Å²) in [6, 6.07) is 10.2. The summed E-state index contributed by atoms with van der Waals surface area (Å²) < 4.78 is 14.2. The van der Waals surface area contributed by atoms with Gasteiger partial charge in [-0.2, -0.15) is 0 Å². The van der Waals surface area contributed by atoms with Crippen molar-refractivity contribution in [3.05, 3.63) is 190 Å². The Morgan fingerprint density at radius 3 is 1.00 bits per heavy atom. The number of H-pyrrole nitrogens is 4. The Morgan fingerprint density at radius 2 is 0.692 bits per heavy atom. The lowest BCUT2D eigenvalue weighted by Gasteiger charge is -2.22. The van der Waals surface area contributed by atoms with Crippen molar-refractivity contribution in [2.75, 3.05) is 45.9 Å². The highest BCUT2D eigenvalue weighted by atomic mass is 16.5. The smallest absolute Gasteiger partial charge is 0.407 e. The quantitative estimate of drug-likeness (QED) is 0.0131. The molecule has 4 aromatic heterocycles. The summed E-state index contributed by atoms with van der Waals surface area (Å²) >= 11 is 0. The second kappa shape index (κ2) is 37.9. The first-order valence-electron chi connectivity index (χ1n) is 33.3. The maximum absolute atomic E-state index is 14.1. The van der Waals surface area contributed by atoms with Crippen LogP contribution in [0.3, 0.4) is 0 Å². The van der Waals surface area contributed by atoms with E-state index >= 15 is 0 Å². The van der Waals surface area contributed by atoms with Crippen LogP contribution in [0.4, 0.5) is 4.79 Å². The van der Waals surface area contributed by atoms with Crippen LogP contribution in [0.25, 0.3) is 11.1 Å². The van der Waals surface area contributed by atoms with E-state index in [1.54, 1.807) is 6.92 Å². The average Bonchev–Trinajstić information content (AvgIpc) is 1.62. The number of aryl methyl sites for hydroxylation is 4. The number of esters is 1. The zero-order valence-electron chi connectivity index (χ0n) is 57.7. The monoisotopic (exact) mass is 1450 g/mol. The first-order valence-corrected chi connectivity index (χ1v) is 33.3. The Balaban J connectivity index is 0.997.